The fourth-order valence-corrected chi connectivity index (χ4v) is 3.42. The summed E-state index contributed by atoms with van der Waals surface area (Å²) in [6.07, 6.45) is 0.728. The summed E-state index contributed by atoms with van der Waals surface area (Å²) in [7, 11) is 0. The number of aromatic nitrogens is 1. The molecule has 0 saturated carbocycles. The molecule has 1 heterocycles. The van der Waals surface area contributed by atoms with Crippen LogP contribution in [0, 0.1) is 0 Å². The molecule has 0 unspecified atom stereocenters. The van der Waals surface area contributed by atoms with Crippen molar-refractivity contribution in [3.05, 3.63) is 96.3 Å². The minimum absolute atomic E-state index is 0.0683. The van der Waals surface area contributed by atoms with Crippen LogP contribution in [0.4, 0.5) is 0 Å². The molecule has 5 heteroatoms. The number of carboxylic acids is 1. The first kappa shape index (κ1) is 19.7. The SMILES string of the molecule is C=C(C(=O)O)c1nc(CSc2ccccc2)ccc1OCCc1ccccc1. The Morgan fingerprint density at radius 1 is 1.00 bits per heavy atom. The van der Waals surface area contributed by atoms with Crippen molar-refractivity contribution in [2.75, 3.05) is 6.61 Å². The first-order valence-corrected chi connectivity index (χ1v) is 9.89. The third-order valence-corrected chi connectivity index (χ3v) is 5.13. The number of rotatable bonds is 9. The van der Waals surface area contributed by atoms with Crippen LogP contribution in [0.2, 0.25) is 0 Å². The highest BCUT2D eigenvalue weighted by molar-refractivity contribution is 7.98. The molecule has 0 spiro atoms. The number of aliphatic carboxylic acids is 1. The quantitative estimate of drug-likeness (QED) is 0.406. The summed E-state index contributed by atoms with van der Waals surface area (Å²) < 4.78 is 5.84. The molecule has 3 rings (SSSR count). The summed E-state index contributed by atoms with van der Waals surface area (Å²) in [5, 5.41) is 9.36. The van der Waals surface area contributed by atoms with E-state index in [1.807, 2.05) is 66.7 Å². The van der Waals surface area contributed by atoms with Gasteiger partial charge in [0.05, 0.1) is 17.9 Å². The third-order valence-electron chi connectivity index (χ3n) is 4.08. The molecule has 0 atom stereocenters. The molecule has 2 aromatic carbocycles. The van der Waals surface area contributed by atoms with Crippen molar-refractivity contribution in [3.8, 4) is 5.75 Å². The summed E-state index contributed by atoms with van der Waals surface area (Å²) in [5.74, 6) is -0.0288. The average molecular weight is 391 g/mol. The number of carbonyl (C=O) groups is 1. The van der Waals surface area contributed by atoms with Crippen LogP contribution in [0.25, 0.3) is 5.57 Å². The lowest BCUT2D eigenvalue weighted by atomic mass is 10.1. The summed E-state index contributed by atoms with van der Waals surface area (Å²) in [4.78, 5) is 17.1. The molecule has 0 bridgehead atoms. The smallest absolute Gasteiger partial charge is 0.337 e. The van der Waals surface area contributed by atoms with E-state index >= 15 is 0 Å². The van der Waals surface area contributed by atoms with Crippen molar-refractivity contribution in [2.45, 2.75) is 17.1 Å². The maximum Gasteiger partial charge on any atom is 0.337 e. The van der Waals surface area contributed by atoms with Crippen molar-refractivity contribution in [2.24, 2.45) is 0 Å². The molecule has 0 fully saturated rings. The Morgan fingerprint density at radius 3 is 2.36 bits per heavy atom. The Labute approximate surface area is 168 Å². The van der Waals surface area contributed by atoms with E-state index < -0.39 is 5.97 Å². The molecule has 28 heavy (non-hydrogen) atoms. The van der Waals surface area contributed by atoms with Gasteiger partial charge >= 0.3 is 5.97 Å². The van der Waals surface area contributed by atoms with Crippen LogP contribution < -0.4 is 4.74 Å². The van der Waals surface area contributed by atoms with E-state index in [2.05, 4.69) is 11.6 Å². The lowest BCUT2D eigenvalue weighted by Gasteiger charge is -2.12. The van der Waals surface area contributed by atoms with E-state index in [4.69, 9.17) is 4.74 Å². The second-order valence-corrected chi connectivity index (χ2v) is 7.17. The molecule has 1 N–H and O–H groups in total. The van der Waals surface area contributed by atoms with Crippen LogP contribution >= 0.6 is 11.8 Å². The summed E-state index contributed by atoms with van der Waals surface area (Å²) in [5.41, 5.74) is 2.15. The molecule has 0 amide bonds. The second-order valence-electron chi connectivity index (χ2n) is 6.12. The van der Waals surface area contributed by atoms with Gasteiger partial charge in [0.1, 0.15) is 11.4 Å². The minimum atomic E-state index is -1.10. The first-order chi connectivity index (χ1) is 13.6. The van der Waals surface area contributed by atoms with E-state index in [1.54, 1.807) is 17.8 Å². The number of thioether (sulfide) groups is 1. The highest BCUT2D eigenvalue weighted by atomic mass is 32.2. The van der Waals surface area contributed by atoms with Crippen molar-refractivity contribution in [1.82, 2.24) is 4.98 Å². The van der Waals surface area contributed by atoms with E-state index in [9.17, 15) is 9.90 Å². The van der Waals surface area contributed by atoms with Crippen molar-refractivity contribution < 1.29 is 14.6 Å². The second kappa shape index (κ2) is 9.76. The zero-order valence-electron chi connectivity index (χ0n) is 15.4. The van der Waals surface area contributed by atoms with Crippen LogP contribution in [0.15, 0.2) is 84.3 Å². The molecule has 142 valence electrons. The van der Waals surface area contributed by atoms with Crippen molar-refractivity contribution in [1.29, 1.82) is 0 Å². The lowest BCUT2D eigenvalue weighted by molar-refractivity contribution is -0.130. The molecule has 3 aromatic rings. The van der Waals surface area contributed by atoms with Gasteiger partial charge < -0.3 is 9.84 Å². The number of carboxylic acid groups (broad SMARTS) is 1. The van der Waals surface area contributed by atoms with Gasteiger partial charge in [0, 0.05) is 17.1 Å². The summed E-state index contributed by atoms with van der Waals surface area (Å²) in [6, 6.07) is 23.6. The fraction of sp³-hybridized carbons (Fsp3) is 0.130. The number of ether oxygens (including phenoxy) is 1. The van der Waals surface area contributed by atoms with Gasteiger partial charge in [-0.05, 0) is 29.8 Å². The van der Waals surface area contributed by atoms with Gasteiger partial charge in [0.2, 0.25) is 0 Å². The largest absolute Gasteiger partial charge is 0.491 e. The monoisotopic (exact) mass is 391 g/mol. The van der Waals surface area contributed by atoms with Gasteiger partial charge in [-0.2, -0.15) is 0 Å². The highest BCUT2D eigenvalue weighted by Crippen LogP contribution is 2.27. The van der Waals surface area contributed by atoms with Gasteiger partial charge in [-0.15, -0.1) is 11.8 Å². The lowest BCUT2D eigenvalue weighted by Crippen LogP contribution is -2.08. The maximum absolute atomic E-state index is 11.4. The van der Waals surface area contributed by atoms with Gasteiger partial charge in [-0.3, -0.25) is 0 Å². The molecular weight excluding hydrogens is 370 g/mol. The Kier molecular flexibility index (Phi) is 6.87. The van der Waals surface area contributed by atoms with E-state index in [-0.39, 0.29) is 11.3 Å². The van der Waals surface area contributed by atoms with E-state index in [1.165, 1.54) is 0 Å². The zero-order valence-corrected chi connectivity index (χ0v) is 16.2. The Bertz CT molecular complexity index is 943. The molecular formula is C23H21NO3S. The molecule has 0 aliphatic rings. The fourth-order valence-electron chi connectivity index (χ4n) is 2.60. The predicted octanol–water partition coefficient (Wildman–Crippen LogP) is 5.09. The van der Waals surface area contributed by atoms with E-state index in [0.29, 0.717) is 18.1 Å². The number of benzene rings is 2. The Morgan fingerprint density at radius 2 is 1.68 bits per heavy atom. The highest BCUT2D eigenvalue weighted by Gasteiger charge is 2.16. The molecule has 0 aliphatic carbocycles. The molecule has 0 saturated heterocycles. The third kappa shape index (κ3) is 5.47. The van der Waals surface area contributed by atoms with Gasteiger partial charge in [0.25, 0.3) is 0 Å². The average Bonchev–Trinajstić information content (AvgIpc) is 2.73. The number of hydrogen-bond acceptors (Lipinski definition) is 4. The van der Waals surface area contributed by atoms with Gasteiger partial charge in [0.15, 0.2) is 0 Å². The van der Waals surface area contributed by atoms with E-state index in [0.717, 1.165) is 22.6 Å². The minimum Gasteiger partial charge on any atom is -0.491 e. The Balaban J connectivity index is 1.71. The maximum atomic E-state index is 11.4. The number of pyridine rings is 1. The summed E-state index contributed by atoms with van der Waals surface area (Å²) in [6.45, 7) is 4.10. The molecule has 4 nitrogen and oxygen atoms in total. The predicted molar refractivity (Wildman–Crippen MR) is 113 cm³/mol. The van der Waals surface area contributed by atoms with Crippen LogP contribution in [-0.4, -0.2) is 22.7 Å². The molecule has 0 aliphatic heterocycles. The normalized spacial score (nSPS) is 10.4. The molecule has 1 aromatic heterocycles. The van der Waals surface area contributed by atoms with Crippen molar-refractivity contribution >= 4 is 23.3 Å². The van der Waals surface area contributed by atoms with Crippen molar-refractivity contribution in [3.63, 3.8) is 0 Å². The topological polar surface area (TPSA) is 59.4 Å². The van der Waals surface area contributed by atoms with Gasteiger partial charge in [-0.25, -0.2) is 9.78 Å². The standard InChI is InChI=1S/C23H21NO3S/c1-17(23(25)26)22-21(27-15-14-18-8-4-2-5-9-18)13-12-19(24-22)16-28-20-10-6-3-7-11-20/h2-13H,1,14-16H2,(H,25,26). The first-order valence-electron chi connectivity index (χ1n) is 8.90. The zero-order chi connectivity index (χ0) is 19.8. The van der Waals surface area contributed by atoms with Crippen LogP contribution in [0.5, 0.6) is 5.75 Å². The number of hydrogen-bond donors (Lipinski definition) is 1. The van der Waals surface area contributed by atoms with Crippen LogP contribution in [0.3, 0.4) is 0 Å². The van der Waals surface area contributed by atoms with Gasteiger partial charge in [-0.1, -0.05) is 55.1 Å². The molecule has 0 radical (unpaired) electrons. The summed E-state index contributed by atoms with van der Waals surface area (Å²) >= 11 is 1.64. The Hall–Kier alpha value is -3.05. The van der Waals surface area contributed by atoms with Crippen LogP contribution in [-0.2, 0) is 17.0 Å². The van der Waals surface area contributed by atoms with Crippen LogP contribution in [0.1, 0.15) is 17.0 Å². The number of nitrogens with zero attached hydrogens (tertiary/aromatic N) is 1.